The highest BCUT2D eigenvalue weighted by Gasteiger charge is 2.13. The molecule has 0 heterocycles. The number of nitrogen functional groups attached to an aromatic ring is 1. The maximum atomic E-state index is 12.1. The summed E-state index contributed by atoms with van der Waals surface area (Å²) < 4.78 is 0. The number of hydrogen-bond donors (Lipinski definition) is 2. The Kier molecular flexibility index (Phi) is 3.10. The number of nitrogens with two attached hydrogens (primary N) is 1. The average Bonchev–Trinajstić information content (AvgIpc) is 2.38. The first kappa shape index (κ1) is 11.9. The summed E-state index contributed by atoms with van der Waals surface area (Å²) in [7, 11) is 0. The van der Waals surface area contributed by atoms with Gasteiger partial charge in [-0.05, 0) is 18.2 Å². The normalized spacial score (nSPS) is 10.0. The van der Waals surface area contributed by atoms with Crippen molar-refractivity contribution in [3.05, 3.63) is 65.2 Å². The van der Waals surface area contributed by atoms with Crippen LogP contribution in [-0.2, 0) is 0 Å². The topological polar surface area (TPSA) is 80.4 Å². The Bertz CT molecular complexity index is 606. The number of hydrogen-bond acceptors (Lipinski definition) is 3. The second-order valence-corrected chi connectivity index (χ2v) is 3.80. The van der Waals surface area contributed by atoms with E-state index in [1.165, 1.54) is 18.2 Å². The zero-order chi connectivity index (χ0) is 13.1. The van der Waals surface area contributed by atoms with Crippen molar-refractivity contribution >= 4 is 17.4 Å². The van der Waals surface area contributed by atoms with Crippen LogP contribution in [-0.4, -0.2) is 16.9 Å². The number of carboxylic acids is 1. The van der Waals surface area contributed by atoms with Crippen molar-refractivity contribution in [3.63, 3.8) is 0 Å². The van der Waals surface area contributed by atoms with Gasteiger partial charge in [0.25, 0.3) is 0 Å². The lowest BCUT2D eigenvalue weighted by atomic mass is 10.0. The molecule has 0 aliphatic rings. The van der Waals surface area contributed by atoms with Gasteiger partial charge in [0, 0.05) is 16.8 Å². The first-order chi connectivity index (χ1) is 8.59. The van der Waals surface area contributed by atoms with Crippen molar-refractivity contribution in [1.29, 1.82) is 0 Å². The molecule has 0 radical (unpaired) electrons. The van der Waals surface area contributed by atoms with Crippen LogP contribution in [0.4, 0.5) is 5.69 Å². The summed E-state index contributed by atoms with van der Waals surface area (Å²) >= 11 is 0. The molecule has 3 N–H and O–H groups in total. The largest absolute Gasteiger partial charge is 0.478 e. The lowest BCUT2D eigenvalue weighted by Gasteiger charge is -2.05. The number of carboxylic acid groups (broad SMARTS) is 1. The van der Waals surface area contributed by atoms with Crippen molar-refractivity contribution in [2.75, 3.05) is 5.73 Å². The molecule has 90 valence electrons. The van der Waals surface area contributed by atoms with Gasteiger partial charge < -0.3 is 10.8 Å². The van der Waals surface area contributed by atoms with E-state index in [9.17, 15) is 9.59 Å². The van der Waals surface area contributed by atoms with Gasteiger partial charge in [0.15, 0.2) is 5.78 Å². The molecular weight excluding hydrogens is 230 g/mol. The van der Waals surface area contributed by atoms with Gasteiger partial charge in [-0.3, -0.25) is 4.79 Å². The smallest absolute Gasteiger partial charge is 0.335 e. The minimum Gasteiger partial charge on any atom is -0.478 e. The van der Waals surface area contributed by atoms with E-state index in [0.717, 1.165) is 0 Å². The molecule has 0 bridgehead atoms. The molecule has 0 unspecified atom stereocenters. The van der Waals surface area contributed by atoms with E-state index >= 15 is 0 Å². The Morgan fingerprint density at radius 1 is 0.944 bits per heavy atom. The second-order valence-electron chi connectivity index (χ2n) is 3.80. The summed E-state index contributed by atoms with van der Waals surface area (Å²) in [5, 5.41) is 8.82. The standard InChI is InChI=1S/C14H11NO3/c15-12-8-10(14(17)18)6-7-11(12)13(16)9-4-2-1-3-5-9/h1-8H,15H2,(H,17,18). The Morgan fingerprint density at radius 3 is 2.17 bits per heavy atom. The van der Waals surface area contributed by atoms with Gasteiger partial charge in [-0.1, -0.05) is 30.3 Å². The number of rotatable bonds is 3. The molecule has 0 aromatic heterocycles. The van der Waals surface area contributed by atoms with Crippen molar-refractivity contribution in [1.82, 2.24) is 0 Å². The molecule has 0 spiro atoms. The highest BCUT2D eigenvalue weighted by molar-refractivity contribution is 6.12. The summed E-state index contributed by atoms with van der Waals surface area (Å²) in [5.41, 5.74) is 6.78. The molecule has 18 heavy (non-hydrogen) atoms. The number of benzene rings is 2. The van der Waals surface area contributed by atoms with Gasteiger partial charge >= 0.3 is 5.97 Å². The molecule has 0 saturated heterocycles. The maximum absolute atomic E-state index is 12.1. The third-order valence-corrected chi connectivity index (χ3v) is 2.58. The zero-order valence-electron chi connectivity index (χ0n) is 9.46. The van der Waals surface area contributed by atoms with Gasteiger partial charge in [-0.2, -0.15) is 0 Å². The van der Waals surface area contributed by atoms with Gasteiger partial charge in [0.2, 0.25) is 0 Å². The molecule has 0 fully saturated rings. The first-order valence-corrected chi connectivity index (χ1v) is 5.32. The van der Waals surface area contributed by atoms with Crippen LogP contribution >= 0.6 is 0 Å². The van der Waals surface area contributed by atoms with Crippen molar-refractivity contribution in [2.24, 2.45) is 0 Å². The summed E-state index contributed by atoms with van der Waals surface area (Å²) in [4.78, 5) is 22.9. The molecule has 0 saturated carbocycles. The minimum absolute atomic E-state index is 0.0668. The van der Waals surface area contributed by atoms with Crippen LogP contribution in [0, 0.1) is 0 Å². The predicted molar refractivity (Wildman–Crippen MR) is 67.7 cm³/mol. The van der Waals surface area contributed by atoms with Crippen LogP contribution in [0.5, 0.6) is 0 Å². The molecule has 0 aliphatic heterocycles. The van der Waals surface area contributed by atoms with Crippen LogP contribution in [0.2, 0.25) is 0 Å². The van der Waals surface area contributed by atoms with Crippen LogP contribution in [0.15, 0.2) is 48.5 Å². The van der Waals surface area contributed by atoms with Crippen LogP contribution in [0.25, 0.3) is 0 Å². The highest BCUT2D eigenvalue weighted by atomic mass is 16.4. The highest BCUT2D eigenvalue weighted by Crippen LogP contribution is 2.18. The third kappa shape index (κ3) is 2.22. The number of ketones is 1. The van der Waals surface area contributed by atoms with E-state index in [-0.39, 0.29) is 17.0 Å². The van der Waals surface area contributed by atoms with Crippen LogP contribution in [0.3, 0.4) is 0 Å². The Labute approximate surface area is 104 Å². The lowest BCUT2D eigenvalue weighted by molar-refractivity contribution is 0.0696. The SMILES string of the molecule is Nc1cc(C(=O)O)ccc1C(=O)c1ccccc1. The molecule has 0 aliphatic carbocycles. The van der Waals surface area contributed by atoms with Crippen molar-refractivity contribution < 1.29 is 14.7 Å². The monoisotopic (exact) mass is 241 g/mol. The van der Waals surface area contributed by atoms with E-state index in [4.69, 9.17) is 10.8 Å². The van der Waals surface area contributed by atoms with Gasteiger partial charge in [0.1, 0.15) is 0 Å². The minimum atomic E-state index is -1.07. The fraction of sp³-hybridized carbons (Fsp3) is 0. The van der Waals surface area contributed by atoms with Crippen LogP contribution < -0.4 is 5.73 Å². The molecule has 0 amide bonds. The molecule has 4 heteroatoms. The Morgan fingerprint density at radius 2 is 1.61 bits per heavy atom. The third-order valence-electron chi connectivity index (χ3n) is 2.58. The number of carbonyl (C=O) groups is 2. The summed E-state index contributed by atoms with van der Waals surface area (Å²) in [6.45, 7) is 0. The molecule has 4 nitrogen and oxygen atoms in total. The molecule has 2 rings (SSSR count). The molecule has 2 aromatic rings. The zero-order valence-corrected chi connectivity index (χ0v) is 9.46. The first-order valence-electron chi connectivity index (χ1n) is 5.32. The van der Waals surface area contributed by atoms with E-state index in [0.29, 0.717) is 11.1 Å². The Balaban J connectivity index is 2.41. The molecule has 2 aromatic carbocycles. The number of carbonyl (C=O) groups excluding carboxylic acids is 1. The predicted octanol–water partition coefficient (Wildman–Crippen LogP) is 2.20. The fourth-order valence-electron chi connectivity index (χ4n) is 1.65. The van der Waals surface area contributed by atoms with Crippen LogP contribution in [0.1, 0.15) is 26.3 Å². The van der Waals surface area contributed by atoms with Gasteiger partial charge in [-0.15, -0.1) is 0 Å². The summed E-state index contributed by atoms with van der Waals surface area (Å²) in [6.07, 6.45) is 0. The molecular formula is C14H11NO3. The summed E-state index contributed by atoms with van der Waals surface area (Å²) in [6, 6.07) is 12.8. The maximum Gasteiger partial charge on any atom is 0.335 e. The van der Waals surface area contributed by atoms with E-state index in [2.05, 4.69) is 0 Å². The molecule has 0 atom stereocenters. The summed E-state index contributed by atoms with van der Waals surface area (Å²) in [5.74, 6) is -1.29. The average molecular weight is 241 g/mol. The van der Waals surface area contributed by atoms with E-state index < -0.39 is 5.97 Å². The Hall–Kier alpha value is -2.62. The van der Waals surface area contributed by atoms with E-state index in [1.54, 1.807) is 24.3 Å². The number of anilines is 1. The lowest BCUT2D eigenvalue weighted by Crippen LogP contribution is -2.07. The van der Waals surface area contributed by atoms with Crippen molar-refractivity contribution in [3.8, 4) is 0 Å². The quantitative estimate of drug-likeness (QED) is 0.637. The second kappa shape index (κ2) is 4.71. The van der Waals surface area contributed by atoms with Gasteiger partial charge in [-0.25, -0.2) is 4.79 Å². The number of aromatic carboxylic acids is 1. The van der Waals surface area contributed by atoms with Crippen molar-refractivity contribution in [2.45, 2.75) is 0 Å². The van der Waals surface area contributed by atoms with E-state index in [1.807, 2.05) is 6.07 Å². The van der Waals surface area contributed by atoms with Gasteiger partial charge in [0.05, 0.1) is 5.56 Å². The fourth-order valence-corrected chi connectivity index (χ4v) is 1.65.